The third kappa shape index (κ3) is 11.8. The van der Waals surface area contributed by atoms with E-state index in [2.05, 4.69) is 22.4 Å². The number of rotatable bonds is 18. The number of ether oxygens (including phenoxy) is 3. The van der Waals surface area contributed by atoms with Crippen molar-refractivity contribution in [3.05, 3.63) is 82.9 Å². The van der Waals surface area contributed by atoms with Crippen LogP contribution >= 0.6 is 11.8 Å². The van der Waals surface area contributed by atoms with Crippen LogP contribution in [0.3, 0.4) is 0 Å². The molecule has 3 aromatic rings. The van der Waals surface area contributed by atoms with Crippen LogP contribution in [0.5, 0.6) is 11.5 Å². The number of aromatic hydroxyl groups is 2. The predicted octanol–water partition coefficient (Wildman–Crippen LogP) is 5.67. The SMILES string of the molecule is Cc1c(O)c(C(C)(C)CC(=O)OCCCOC(=O)n2ccnc2)c(C)c(O)c1C=CC(=O)NCCOCCCSCc1ccccc1. The van der Waals surface area contributed by atoms with Crippen LogP contribution in [-0.4, -0.2) is 76.5 Å². The minimum atomic E-state index is -0.887. The standard InChI is InChI=1S/C35H45N3O8S/c1-25-28(12-13-29(39)37-15-20-44-17-9-21-47-23-27-10-6-5-7-11-27)32(41)26(2)31(33(25)42)35(3,4)22-30(40)45-18-8-19-46-34(43)38-16-14-36-24-38/h5-7,10-14,16,24,41-42H,8-9,15,17-23H2,1-4H3,(H,37,39). The summed E-state index contributed by atoms with van der Waals surface area (Å²) in [5.41, 5.74) is 1.91. The van der Waals surface area contributed by atoms with E-state index in [9.17, 15) is 24.6 Å². The summed E-state index contributed by atoms with van der Waals surface area (Å²) in [4.78, 5) is 40.6. The average Bonchev–Trinajstić information content (AvgIpc) is 3.58. The molecule has 0 aliphatic carbocycles. The highest BCUT2D eigenvalue weighted by atomic mass is 32.2. The van der Waals surface area contributed by atoms with Crippen LogP contribution in [0.15, 0.2) is 55.1 Å². The van der Waals surface area contributed by atoms with E-state index < -0.39 is 17.5 Å². The summed E-state index contributed by atoms with van der Waals surface area (Å²) in [7, 11) is 0. The molecule has 0 bridgehead atoms. The number of phenolic OH excluding ortho intramolecular Hbond substituents is 2. The molecule has 0 aliphatic rings. The highest BCUT2D eigenvalue weighted by molar-refractivity contribution is 7.98. The zero-order valence-corrected chi connectivity index (χ0v) is 28.3. The Labute approximate surface area is 280 Å². The smallest absolute Gasteiger partial charge is 0.419 e. The minimum Gasteiger partial charge on any atom is -0.507 e. The summed E-state index contributed by atoms with van der Waals surface area (Å²) < 4.78 is 17.2. The number of esters is 1. The van der Waals surface area contributed by atoms with Crippen molar-refractivity contribution in [1.82, 2.24) is 14.9 Å². The number of carbonyl (C=O) groups is 3. The number of carbonyl (C=O) groups excluding carboxylic acids is 3. The van der Waals surface area contributed by atoms with E-state index in [1.54, 1.807) is 27.7 Å². The molecule has 0 spiro atoms. The third-order valence-corrected chi connectivity index (χ3v) is 8.49. The molecule has 0 fully saturated rings. The largest absolute Gasteiger partial charge is 0.507 e. The molecule has 2 aromatic carbocycles. The molecule has 0 saturated carbocycles. The summed E-state index contributed by atoms with van der Waals surface area (Å²) in [6, 6.07) is 10.3. The van der Waals surface area contributed by atoms with Crippen LogP contribution in [0.2, 0.25) is 0 Å². The van der Waals surface area contributed by atoms with Crippen LogP contribution in [0.4, 0.5) is 4.79 Å². The number of hydrogen-bond acceptors (Lipinski definition) is 10. The summed E-state index contributed by atoms with van der Waals surface area (Å²) in [5, 5.41) is 24.9. The summed E-state index contributed by atoms with van der Waals surface area (Å²) >= 11 is 1.86. The monoisotopic (exact) mass is 667 g/mol. The maximum Gasteiger partial charge on any atom is 0.419 e. The fraction of sp³-hybridized carbons (Fsp3) is 0.429. The van der Waals surface area contributed by atoms with Gasteiger partial charge in [-0.05, 0) is 43.2 Å². The number of benzene rings is 2. The molecule has 254 valence electrons. The Kier molecular flexibility index (Phi) is 14.8. The molecule has 0 saturated heterocycles. The van der Waals surface area contributed by atoms with Gasteiger partial charge in [-0.1, -0.05) is 44.2 Å². The van der Waals surface area contributed by atoms with Gasteiger partial charge in [-0.3, -0.25) is 9.59 Å². The van der Waals surface area contributed by atoms with Gasteiger partial charge < -0.3 is 29.7 Å². The number of amides is 1. The molecule has 3 rings (SSSR count). The fourth-order valence-electron chi connectivity index (χ4n) is 4.96. The van der Waals surface area contributed by atoms with Crippen molar-refractivity contribution in [2.45, 2.75) is 58.1 Å². The van der Waals surface area contributed by atoms with Gasteiger partial charge in [0.15, 0.2) is 0 Å². The highest BCUT2D eigenvalue weighted by Gasteiger charge is 2.32. The van der Waals surface area contributed by atoms with Gasteiger partial charge in [-0.25, -0.2) is 14.3 Å². The molecule has 1 aromatic heterocycles. The zero-order valence-electron chi connectivity index (χ0n) is 27.5. The number of aromatic nitrogens is 2. The second kappa shape index (κ2) is 18.8. The van der Waals surface area contributed by atoms with Gasteiger partial charge in [-0.15, -0.1) is 0 Å². The van der Waals surface area contributed by atoms with Crippen LogP contribution in [0.1, 0.15) is 60.9 Å². The van der Waals surface area contributed by atoms with Crippen LogP contribution in [0.25, 0.3) is 6.08 Å². The molecule has 0 atom stereocenters. The van der Waals surface area contributed by atoms with Gasteiger partial charge in [0.2, 0.25) is 5.91 Å². The quantitative estimate of drug-likeness (QED) is 0.0671. The van der Waals surface area contributed by atoms with E-state index in [4.69, 9.17) is 14.2 Å². The Morgan fingerprint density at radius 1 is 0.979 bits per heavy atom. The van der Waals surface area contributed by atoms with Crippen LogP contribution in [0, 0.1) is 13.8 Å². The van der Waals surface area contributed by atoms with Gasteiger partial charge in [0.25, 0.3) is 0 Å². The molecule has 47 heavy (non-hydrogen) atoms. The number of imidazole rings is 1. The Morgan fingerprint density at radius 3 is 2.45 bits per heavy atom. The number of hydrogen-bond donors (Lipinski definition) is 3. The lowest BCUT2D eigenvalue weighted by Crippen LogP contribution is -2.26. The summed E-state index contributed by atoms with van der Waals surface area (Å²) in [6.45, 7) is 8.30. The molecule has 1 amide bonds. The van der Waals surface area contributed by atoms with Gasteiger partial charge in [0.1, 0.15) is 17.8 Å². The Balaban J connectivity index is 1.41. The van der Waals surface area contributed by atoms with Crippen LogP contribution < -0.4 is 5.32 Å². The van der Waals surface area contributed by atoms with Crippen molar-refractivity contribution in [2.75, 3.05) is 38.7 Å². The normalized spacial score (nSPS) is 11.5. The van der Waals surface area contributed by atoms with E-state index >= 15 is 0 Å². The number of nitrogens with one attached hydrogen (secondary N) is 1. The molecule has 0 radical (unpaired) electrons. The van der Waals surface area contributed by atoms with E-state index in [0.717, 1.165) is 17.9 Å². The second-order valence-electron chi connectivity index (χ2n) is 11.6. The Morgan fingerprint density at radius 2 is 1.72 bits per heavy atom. The Bertz CT molecular complexity index is 1460. The molecule has 1 heterocycles. The number of nitrogens with zero attached hydrogens (tertiary/aromatic N) is 2. The average molecular weight is 668 g/mol. The third-order valence-electron chi connectivity index (χ3n) is 7.37. The van der Waals surface area contributed by atoms with Gasteiger partial charge in [0.05, 0.1) is 26.2 Å². The van der Waals surface area contributed by atoms with E-state index in [-0.39, 0.29) is 37.0 Å². The van der Waals surface area contributed by atoms with Crippen molar-refractivity contribution >= 4 is 35.8 Å². The molecule has 11 nitrogen and oxygen atoms in total. The maximum atomic E-state index is 12.6. The zero-order chi connectivity index (χ0) is 34.2. The van der Waals surface area contributed by atoms with Gasteiger partial charge in [0, 0.05) is 65.9 Å². The topological polar surface area (TPSA) is 149 Å². The second-order valence-corrected chi connectivity index (χ2v) is 12.7. The summed E-state index contributed by atoms with van der Waals surface area (Å²) in [6.07, 6.45) is 7.62. The van der Waals surface area contributed by atoms with Gasteiger partial charge in [-0.2, -0.15) is 11.8 Å². The predicted molar refractivity (Wildman–Crippen MR) is 182 cm³/mol. The van der Waals surface area contributed by atoms with Gasteiger partial charge >= 0.3 is 12.1 Å². The first-order chi connectivity index (χ1) is 22.5. The fourth-order valence-corrected chi connectivity index (χ4v) is 5.86. The maximum absolute atomic E-state index is 12.6. The molecular weight excluding hydrogens is 622 g/mol. The number of thioether (sulfide) groups is 1. The Hall–Kier alpha value is -4.29. The molecule has 3 N–H and O–H groups in total. The van der Waals surface area contributed by atoms with Crippen molar-refractivity contribution in [3.63, 3.8) is 0 Å². The first-order valence-corrected chi connectivity index (χ1v) is 16.7. The highest BCUT2D eigenvalue weighted by Crippen LogP contribution is 2.44. The number of phenols is 2. The lowest BCUT2D eigenvalue weighted by Gasteiger charge is -2.29. The van der Waals surface area contributed by atoms with E-state index in [1.807, 2.05) is 30.0 Å². The van der Waals surface area contributed by atoms with Crippen molar-refractivity contribution in [3.8, 4) is 11.5 Å². The lowest BCUT2D eigenvalue weighted by atomic mass is 9.76. The first-order valence-electron chi connectivity index (χ1n) is 15.5. The van der Waals surface area contributed by atoms with Crippen molar-refractivity contribution in [2.24, 2.45) is 0 Å². The van der Waals surface area contributed by atoms with Crippen molar-refractivity contribution < 1.29 is 38.8 Å². The molecular formula is C35H45N3O8S. The molecule has 0 aliphatic heterocycles. The molecule has 0 unspecified atom stereocenters. The first kappa shape index (κ1) is 37.2. The molecule has 12 heteroatoms. The summed E-state index contributed by atoms with van der Waals surface area (Å²) in [5.74, 6) is 0.953. The minimum absolute atomic E-state index is 0.0492. The lowest BCUT2D eigenvalue weighted by molar-refractivity contribution is -0.145. The van der Waals surface area contributed by atoms with Crippen LogP contribution in [-0.2, 0) is 35.0 Å². The van der Waals surface area contributed by atoms with E-state index in [1.165, 1.54) is 41.0 Å². The van der Waals surface area contributed by atoms with Crippen molar-refractivity contribution in [1.29, 1.82) is 0 Å². The van der Waals surface area contributed by atoms with E-state index in [0.29, 0.717) is 48.4 Å².